The van der Waals surface area contributed by atoms with E-state index in [-0.39, 0.29) is 37.5 Å². The van der Waals surface area contributed by atoms with E-state index in [0.29, 0.717) is 5.56 Å². The Bertz CT molecular complexity index is 1070. The van der Waals surface area contributed by atoms with Crippen LogP contribution in [0.15, 0.2) is 48.7 Å². The molecule has 12 heteroatoms. The molecule has 0 radical (unpaired) electrons. The number of aromatic nitrogens is 2. The molecule has 0 saturated carbocycles. The Balaban J connectivity index is 1.92. The molecule has 1 heterocycles. The highest BCUT2D eigenvalue weighted by molar-refractivity contribution is 6.49. The molecule has 3 rings (SSSR count). The quantitative estimate of drug-likeness (QED) is 0.216. The highest BCUT2D eigenvalue weighted by Crippen LogP contribution is 2.38. The molecule has 0 amide bonds. The van der Waals surface area contributed by atoms with Crippen molar-refractivity contribution < 1.29 is 22.3 Å². The van der Waals surface area contributed by atoms with Crippen molar-refractivity contribution in [3.8, 4) is 17.0 Å². The van der Waals surface area contributed by atoms with Crippen LogP contribution in [-0.4, -0.2) is 22.5 Å². The Kier molecular flexibility index (Phi) is 6.56. The van der Waals surface area contributed by atoms with Gasteiger partial charge >= 0.3 is 12.5 Å². The summed E-state index contributed by atoms with van der Waals surface area (Å²) in [5, 5.41) is 13.2. The summed E-state index contributed by atoms with van der Waals surface area (Å²) in [6.45, 7) is 0. The predicted molar refractivity (Wildman–Crippen MR) is 106 cm³/mol. The predicted octanol–water partition coefficient (Wildman–Crippen LogP) is 6.98. The Morgan fingerprint density at radius 3 is 2.47 bits per heavy atom. The van der Waals surface area contributed by atoms with Crippen LogP contribution in [0.5, 0.6) is 5.75 Å². The molecule has 0 aliphatic carbocycles. The van der Waals surface area contributed by atoms with Crippen LogP contribution in [-0.2, 0) is 0 Å². The zero-order valence-corrected chi connectivity index (χ0v) is 16.8. The molecule has 30 heavy (non-hydrogen) atoms. The van der Waals surface area contributed by atoms with E-state index < -0.39 is 18.3 Å². The van der Waals surface area contributed by atoms with Crippen LogP contribution in [0.1, 0.15) is 0 Å². The first-order valence-electron chi connectivity index (χ1n) is 7.99. The highest BCUT2D eigenvalue weighted by Gasteiger charge is 2.44. The summed E-state index contributed by atoms with van der Waals surface area (Å²) in [6, 6.07) is 8.77. The van der Waals surface area contributed by atoms with E-state index in [1.54, 1.807) is 6.07 Å². The summed E-state index contributed by atoms with van der Waals surface area (Å²) in [4.78, 5) is 7.93. The molecular weight excluding hydrogens is 473 g/mol. The second kappa shape index (κ2) is 8.81. The lowest BCUT2D eigenvalue weighted by molar-refractivity contribution is -0.253. The van der Waals surface area contributed by atoms with Crippen molar-refractivity contribution in [2.75, 3.05) is 5.06 Å². The lowest BCUT2D eigenvalue weighted by atomic mass is 10.1. The summed E-state index contributed by atoms with van der Waals surface area (Å²) in [5.74, 6) is -1.00. The van der Waals surface area contributed by atoms with Gasteiger partial charge < -0.3 is 15.0 Å². The van der Waals surface area contributed by atoms with Gasteiger partial charge in [-0.2, -0.15) is 17.6 Å². The Morgan fingerprint density at radius 2 is 1.77 bits per heavy atom. The lowest BCUT2D eigenvalue weighted by Crippen LogP contribution is -2.33. The van der Waals surface area contributed by atoms with Crippen LogP contribution >= 0.6 is 34.8 Å². The van der Waals surface area contributed by atoms with E-state index in [1.807, 2.05) is 0 Å². The molecule has 0 aliphatic heterocycles. The van der Waals surface area contributed by atoms with Crippen LogP contribution in [0.3, 0.4) is 0 Å². The smallest absolute Gasteiger partial charge is 0.461 e. The van der Waals surface area contributed by atoms with Crippen LogP contribution < -0.4 is 9.80 Å². The van der Waals surface area contributed by atoms with Gasteiger partial charge in [-0.3, -0.25) is 0 Å². The number of halogens is 7. The van der Waals surface area contributed by atoms with Crippen molar-refractivity contribution in [2.45, 2.75) is 12.5 Å². The van der Waals surface area contributed by atoms with E-state index in [1.165, 1.54) is 30.5 Å². The number of anilines is 2. The summed E-state index contributed by atoms with van der Waals surface area (Å²) < 4.78 is 54.8. The van der Waals surface area contributed by atoms with E-state index in [4.69, 9.17) is 34.8 Å². The van der Waals surface area contributed by atoms with Crippen LogP contribution in [0.25, 0.3) is 11.3 Å². The fourth-order valence-electron chi connectivity index (χ4n) is 2.31. The zero-order valence-electron chi connectivity index (χ0n) is 14.5. The van der Waals surface area contributed by atoms with Crippen molar-refractivity contribution >= 4 is 46.4 Å². The van der Waals surface area contributed by atoms with Crippen LogP contribution in [0, 0.1) is 5.21 Å². The zero-order chi connectivity index (χ0) is 22.1. The maximum absolute atomic E-state index is 13.1. The van der Waals surface area contributed by atoms with Gasteiger partial charge in [-0.1, -0.05) is 40.9 Å². The number of ether oxygens (including phenoxy) is 1. The monoisotopic (exact) mass is 480 g/mol. The van der Waals surface area contributed by atoms with Gasteiger partial charge in [0, 0.05) is 23.5 Å². The number of hydrogen-bond donors (Lipinski definition) is 0. The second-order valence-electron chi connectivity index (χ2n) is 5.72. The molecule has 0 saturated heterocycles. The van der Waals surface area contributed by atoms with Crippen molar-refractivity contribution in [3.05, 3.63) is 68.9 Å². The molecule has 3 aromatic rings. The molecule has 5 nitrogen and oxygen atoms in total. The van der Waals surface area contributed by atoms with Crippen LogP contribution in [0.4, 0.5) is 29.2 Å². The van der Waals surface area contributed by atoms with E-state index in [0.717, 1.165) is 12.1 Å². The minimum Gasteiger partial charge on any atom is -0.752 e. The summed E-state index contributed by atoms with van der Waals surface area (Å²) in [6.07, 6.45) is -7.49. The summed E-state index contributed by atoms with van der Waals surface area (Å²) >= 11 is 18.1. The molecule has 0 atom stereocenters. The summed E-state index contributed by atoms with van der Waals surface area (Å²) in [7, 11) is 0. The van der Waals surface area contributed by atoms with Gasteiger partial charge in [0.1, 0.15) is 5.75 Å². The Labute approximate surface area is 182 Å². The Hall–Kier alpha value is -2.33. The third-order valence-corrected chi connectivity index (χ3v) is 4.99. The number of hydrogen-bond acceptors (Lipinski definition) is 5. The molecule has 0 aliphatic rings. The molecular formula is C18H9Cl3F4N3O2-. The molecule has 0 spiro atoms. The molecule has 2 aromatic carbocycles. The van der Waals surface area contributed by atoms with Crippen molar-refractivity contribution in [2.24, 2.45) is 0 Å². The Morgan fingerprint density at radius 1 is 1.03 bits per heavy atom. The van der Waals surface area contributed by atoms with E-state index in [9.17, 15) is 22.8 Å². The molecule has 0 fully saturated rings. The third kappa shape index (κ3) is 4.70. The van der Waals surface area contributed by atoms with Crippen molar-refractivity contribution in [1.29, 1.82) is 0 Å². The van der Waals surface area contributed by atoms with Gasteiger partial charge in [-0.05, 0) is 30.3 Å². The number of benzene rings is 2. The SMILES string of the molecule is [O-]N(c1cccc(OC(F)(F)C(F)F)c1)c1nccc(-c2ccc(Cl)c(Cl)c2Cl)n1. The molecule has 0 N–H and O–H groups in total. The topological polar surface area (TPSA) is 61.3 Å². The maximum atomic E-state index is 13.1. The van der Waals surface area contributed by atoms with Gasteiger partial charge in [0.25, 0.3) is 0 Å². The van der Waals surface area contributed by atoms with E-state index in [2.05, 4.69) is 14.7 Å². The minimum absolute atomic E-state index is 0.0970. The first kappa shape index (κ1) is 22.4. The van der Waals surface area contributed by atoms with Gasteiger partial charge in [0.05, 0.1) is 20.8 Å². The van der Waals surface area contributed by atoms with Crippen molar-refractivity contribution in [3.63, 3.8) is 0 Å². The average Bonchev–Trinajstić information content (AvgIpc) is 2.71. The molecule has 0 bridgehead atoms. The lowest BCUT2D eigenvalue weighted by Gasteiger charge is -2.29. The standard InChI is InChI=1S/C18H9Cl3F4N3O2/c19-12-5-4-11(14(20)15(12)21)13-6-7-26-17(27-13)28(29)9-2-1-3-10(8-9)30-18(24,25)16(22)23/h1-8,16H/q-1. The third-order valence-electron chi connectivity index (χ3n) is 3.70. The maximum Gasteiger partial charge on any atom is 0.461 e. The molecule has 1 aromatic heterocycles. The minimum atomic E-state index is -4.71. The number of alkyl halides is 4. The second-order valence-corrected chi connectivity index (χ2v) is 6.88. The average molecular weight is 482 g/mol. The van der Waals surface area contributed by atoms with Gasteiger partial charge in [-0.15, -0.1) is 0 Å². The first-order chi connectivity index (χ1) is 14.1. The van der Waals surface area contributed by atoms with E-state index >= 15 is 0 Å². The molecule has 158 valence electrons. The van der Waals surface area contributed by atoms with Gasteiger partial charge in [0.2, 0.25) is 5.95 Å². The van der Waals surface area contributed by atoms with Gasteiger partial charge in [0.15, 0.2) is 0 Å². The fourth-order valence-corrected chi connectivity index (χ4v) is 2.94. The number of nitrogens with zero attached hydrogens (tertiary/aromatic N) is 3. The fraction of sp³-hybridized carbons (Fsp3) is 0.111. The molecule has 0 unspecified atom stereocenters. The summed E-state index contributed by atoms with van der Waals surface area (Å²) in [5.41, 5.74) is 0.382. The first-order valence-corrected chi connectivity index (χ1v) is 9.13. The van der Waals surface area contributed by atoms with Crippen molar-refractivity contribution in [1.82, 2.24) is 9.97 Å². The van der Waals surface area contributed by atoms with Gasteiger partial charge in [-0.25, -0.2) is 9.97 Å². The normalized spacial score (nSPS) is 11.6. The highest BCUT2D eigenvalue weighted by atomic mass is 35.5. The largest absolute Gasteiger partial charge is 0.752 e. The van der Waals surface area contributed by atoms with Crippen LogP contribution in [0.2, 0.25) is 15.1 Å². The number of rotatable bonds is 6.